The van der Waals surface area contributed by atoms with E-state index in [-0.39, 0.29) is 17.8 Å². The average molecular weight is 264 g/mol. The quantitative estimate of drug-likeness (QED) is 0.886. The Balaban J connectivity index is 1.92. The Morgan fingerprint density at radius 3 is 2.95 bits per heavy atom. The minimum Gasteiger partial charge on any atom is -0.473 e. The fraction of sp³-hybridized carbons (Fsp3) is 0.667. The van der Waals surface area contributed by atoms with E-state index < -0.39 is 0 Å². The maximum Gasteiger partial charge on any atom is 0.237 e. The fourth-order valence-corrected chi connectivity index (χ4v) is 2.29. The van der Waals surface area contributed by atoms with Gasteiger partial charge in [-0.1, -0.05) is 0 Å². The van der Waals surface area contributed by atoms with Crippen LogP contribution in [0.3, 0.4) is 0 Å². The second-order valence-corrected chi connectivity index (χ2v) is 5.94. The molecule has 0 spiro atoms. The van der Waals surface area contributed by atoms with Crippen LogP contribution in [0.25, 0.3) is 0 Å². The molecule has 4 nitrogen and oxygen atoms in total. The summed E-state index contributed by atoms with van der Waals surface area (Å²) in [5, 5.41) is 3.39. The molecule has 0 aliphatic carbocycles. The SMILES string of the molecule is CC(C)Oc1ncccc1NCC1CCC(C)(C)O1. The van der Waals surface area contributed by atoms with Gasteiger partial charge in [-0.25, -0.2) is 4.98 Å². The van der Waals surface area contributed by atoms with E-state index in [9.17, 15) is 0 Å². The molecule has 4 heteroatoms. The minimum absolute atomic E-state index is 0.0124. The lowest BCUT2D eigenvalue weighted by atomic mass is 10.1. The number of nitrogens with zero attached hydrogens (tertiary/aromatic N) is 1. The number of rotatable bonds is 5. The third kappa shape index (κ3) is 4.10. The van der Waals surface area contributed by atoms with Gasteiger partial charge in [0.05, 0.1) is 23.5 Å². The van der Waals surface area contributed by atoms with Crippen LogP contribution in [0, 0.1) is 0 Å². The molecule has 1 N–H and O–H groups in total. The van der Waals surface area contributed by atoms with Crippen LogP contribution in [-0.4, -0.2) is 29.3 Å². The summed E-state index contributed by atoms with van der Waals surface area (Å²) >= 11 is 0. The van der Waals surface area contributed by atoms with E-state index in [1.54, 1.807) is 6.20 Å². The fourth-order valence-electron chi connectivity index (χ4n) is 2.29. The highest BCUT2D eigenvalue weighted by Gasteiger charge is 2.31. The molecule has 2 rings (SSSR count). The molecule has 1 aromatic rings. The van der Waals surface area contributed by atoms with Crippen molar-refractivity contribution in [3.63, 3.8) is 0 Å². The van der Waals surface area contributed by atoms with Crippen molar-refractivity contribution >= 4 is 5.69 Å². The Morgan fingerprint density at radius 2 is 2.32 bits per heavy atom. The van der Waals surface area contributed by atoms with E-state index in [2.05, 4.69) is 24.1 Å². The minimum atomic E-state index is 0.0124. The Kier molecular flexibility index (Phi) is 4.30. The standard InChI is InChI=1S/C15H24N2O2/c1-11(2)18-14-13(6-5-9-16-14)17-10-12-7-8-15(3,4)19-12/h5-6,9,11-12,17H,7-8,10H2,1-4H3. The monoisotopic (exact) mass is 264 g/mol. The van der Waals surface area contributed by atoms with Crippen LogP contribution in [0.15, 0.2) is 18.3 Å². The van der Waals surface area contributed by atoms with Crippen LogP contribution in [0.5, 0.6) is 5.88 Å². The van der Waals surface area contributed by atoms with Crippen molar-refractivity contribution in [2.45, 2.75) is 58.3 Å². The highest BCUT2D eigenvalue weighted by molar-refractivity contribution is 5.52. The molecule has 1 fully saturated rings. The molecule has 1 aliphatic heterocycles. The summed E-state index contributed by atoms with van der Waals surface area (Å²) in [5.41, 5.74) is 0.947. The molecule has 0 amide bonds. The molecule has 1 atom stereocenters. The molecule has 0 aromatic carbocycles. The molecular formula is C15H24N2O2. The van der Waals surface area contributed by atoms with Crippen molar-refractivity contribution in [1.82, 2.24) is 4.98 Å². The lowest BCUT2D eigenvalue weighted by Crippen LogP contribution is -2.25. The molecule has 0 saturated carbocycles. The van der Waals surface area contributed by atoms with Gasteiger partial charge in [-0.2, -0.15) is 0 Å². The van der Waals surface area contributed by atoms with E-state index in [4.69, 9.17) is 9.47 Å². The van der Waals surface area contributed by atoms with E-state index >= 15 is 0 Å². The van der Waals surface area contributed by atoms with Gasteiger partial charge in [-0.15, -0.1) is 0 Å². The average Bonchev–Trinajstić information content (AvgIpc) is 2.67. The summed E-state index contributed by atoms with van der Waals surface area (Å²) in [6, 6.07) is 3.90. The number of nitrogens with one attached hydrogen (secondary N) is 1. The van der Waals surface area contributed by atoms with Crippen LogP contribution >= 0.6 is 0 Å². The number of hydrogen-bond donors (Lipinski definition) is 1. The second kappa shape index (κ2) is 5.78. The molecule has 106 valence electrons. The predicted octanol–water partition coefficient (Wildman–Crippen LogP) is 3.24. The number of hydrogen-bond acceptors (Lipinski definition) is 4. The first-order valence-corrected chi connectivity index (χ1v) is 7.00. The van der Waals surface area contributed by atoms with Gasteiger partial charge in [0.1, 0.15) is 0 Å². The van der Waals surface area contributed by atoms with Crippen LogP contribution in [0.4, 0.5) is 5.69 Å². The zero-order chi connectivity index (χ0) is 13.9. The smallest absolute Gasteiger partial charge is 0.237 e. The van der Waals surface area contributed by atoms with Gasteiger partial charge in [-0.3, -0.25) is 0 Å². The van der Waals surface area contributed by atoms with Gasteiger partial charge < -0.3 is 14.8 Å². The van der Waals surface area contributed by atoms with Gasteiger partial charge >= 0.3 is 0 Å². The predicted molar refractivity (Wildman–Crippen MR) is 76.7 cm³/mol. The largest absolute Gasteiger partial charge is 0.473 e. The lowest BCUT2D eigenvalue weighted by Gasteiger charge is -2.20. The first-order valence-electron chi connectivity index (χ1n) is 7.00. The first-order chi connectivity index (χ1) is 8.96. The Bertz CT molecular complexity index is 418. The van der Waals surface area contributed by atoms with Crippen molar-refractivity contribution in [1.29, 1.82) is 0 Å². The second-order valence-electron chi connectivity index (χ2n) is 5.94. The van der Waals surface area contributed by atoms with Gasteiger partial charge in [0.15, 0.2) is 0 Å². The van der Waals surface area contributed by atoms with Gasteiger partial charge in [0, 0.05) is 12.7 Å². The van der Waals surface area contributed by atoms with Gasteiger partial charge in [0.25, 0.3) is 0 Å². The molecule has 2 heterocycles. The third-order valence-corrected chi connectivity index (χ3v) is 3.19. The van der Waals surface area contributed by atoms with Crippen LogP contribution in [0.2, 0.25) is 0 Å². The van der Waals surface area contributed by atoms with Gasteiger partial charge in [-0.05, 0) is 52.7 Å². The third-order valence-electron chi connectivity index (χ3n) is 3.19. The Morgan fingerprint density at radius 1 is 1.53 bits per heavy atom. The Hall–Kier alpha value is -1.29. The summed E-state index contributed by atoms with van der Waals surface area (Å²) in [5.74, 6) is 0.662. The van der Waals surface area contributed by atoms with Crippen molar-refractivity contribution < 1.29 is 9.47 Å². The summed E-state index contributed by atoms with van der Waals surface area (Å²) in [7, 11) is 0. The summed E-state index contributed by atoms with van der Waals surface area (Å²) in [4.78, 5) is 4.27. The van der Waals surface area contributed by atoms with Crippen molar-refractivity contribution in [2.75, 3.05) is 11.9 Å². The number of ether oxygens (including phenoxy) is 2. The molecule has 19 heavy (non-hydrogen) atoms. The topological polar surface area (TPSA) is 43.4 Å². The lowest BCUT2D eigenvalue weighted by molar-refractivity contribution is -0.00912. The molecule has 0 radical (unpaired) electrons. The van der Waals surface area contributed by atoms with Crippen LogP contribution in [0.1, 0.15) is 40.5 Å². The first kappa shape index (κ1) is 14.1. The van der Waals surface area contributed by atoms with Crippen LogP contribution < -0.4 is 10.1 Å². The van der Waals surface area contributed by atoms with E-state index in [1.807, 2.05) is 26.0 Å². The van der Waals surface area contributed by atoms with Crippen LogP contribution in [-0.2, 0) is 4.74 Å². The highest BCUT2D eigenvalue weighted by Crippen LogP contribution is 2.30. The Labute approximate surface area is 115 Å². The zero-order valence-electron chi connectivity index (χ0n) is 12.3. The molecule has 1 aromatic heterocycles. The number of aromatic nitrogens is 1. The zero-order valence-corrected chi connectivity index (χ0v) is 12.3. The maximum atomic E-state index is 5.97. The van der Waals surface area contributed by atoms with E-state index in [1.165, 1.54) is 0 Å². The molecule has 1 aliphatic rings. The van der Waals surface area contributed by atoms with Crippen molar-refractivity contribution in [3.8, 4) is 5.88 Å². The molecular weight excluding hydrogens is 240 g/mol. The molecule has 1 unspecified atom stereocenters. The summed E-state index contributed by atoms with van der Waals surface area (Å²) < 4.78 is 11.7. The number of anilines is 1. The maximum absolute atomic E-state index is 5.97. The summed E-state index contributed by atoms with van der Waals surface area (Å²) in [6.45, 7) is 9.08. The van der Waals surface area contributed by atoms with Crippen molar-refractivity contribution in [2.24, 2.45) is 0 Å². The number of pyridine rings is 1. The molecule has 1 saturated heterocycles. The van der Waals surface area contributed by atoms with E-state index in [0.717, 1.165) is 25.1 Å². The van der Waals surface area contributed by atoms with Crippen molar-refractivity contribution in [3.05, 3.63) is 18.3 Å². The van der Waals surface area contributed by atoms with Gasteiger partial charge in [0.2, 0.25) is 5.88 Å². The summed E-state index contributed by atoms with van der Waals surface area (Å²) in [6.07, 6.45) is 4.35. The van der Waals surface area contributed by atoms with E-state index in [0.29, 0.717) is 5.88 Å². The normalized spacial score (nSPS) is 21.6. The highest BCUT2D eigenvalue weighted by atomic mass is 16.5. The molecule has 0 bridgehead atoms.